The molecule has 1 aromatic rings. The third-order valence-electron chi connectivity index (χ3n) is 2.41. The van der Waals surface area contributed by atoms with E-state index in [1.165, 1.54) is 6.08 Å². The minimum atomic E-state index is -2.91. The SMILES string of the molecule is C=CCC(c1ccc(Br)cc1)C(F)(F)C=C. The molecule has 1 rings (SSSR count). The van der Waals surface area contributed by atoms with Crippen LogP contribution in [0.15, 0.2) is 54.0 Å². The number of allylic oxidation sites excluding steroid dienone is 2. The van der Waals surface area contributed by atoms with Gasteiger partial charge in [0, 0.05) is 4.47 Å². The highest BCUT2D eigenvalue weighted by atomic mass is 79.9. The van der Waals surface area contributed by atoms with Gasteiger partial charge in [-0.15, -0.1) is 6.58 Å². The van der Waals surface area contributed by atoms with Crippen molar-refractivity contribution in [2.75, 3.05) is 0 Å². The Morgan fingerprint density at radius 2 is 1.81 bits per heavy atom. The van der Waals surface area contributed by atoms with E-state index in [4.69, 9.17) is 0 Å². The summed E-state index contributed by atoms with van der Waals surface area (Å²) in [5.41, 5.74) is 0.591. The standard InChI is InChI=1S/C13H13BrF2/c1-3-5-12(13(15,16)4-2)10-6-8-11(14)9-7-10/h3-4,6-9,12H,1-2,5H2. The Labute approximate surface area is 103 Å². The van der Waals surface area contributed by atoms with Crippen LogP contribution in [0.5, 0.6) is 0 Å². The van der Waals surface area contributed by atoms with Crippen LogP contribution in [-0.2, 0) is 0 Å². The average molecular weight is 287 g/mol. The van der Waals surface area contributed by atoms with Crippen LogP contribution in [0.1, 0.15) is 17.9 Å². The molecule has 0 aliphatic heterocycles. The van der Waals surface area contributed by atoms with E-state index in [1.807, 2.05) is 0 Å². The maximum absolute atomic E-state index is 13.6. The van der Waals surface area contributed by atoms with Gasteiger partial charge in [0.2, 0.25) is 0 Å². The Morgan fingerprint density at radius 1 is 1.25 bits per heavy atom. The van der Waals surface area contributed by atoms with Crippen LogP contribution in [0.25, 0.3) is 0 Å². The van der Waals surface area contributed by atoms with Gasteiger partial charge in [0.1, 0.15) is 0 Å². The maximum atomic E-state index is 13.6. The second-order valence-electron chi connectivity index (χ2n) is 3.51. The van der Waals surface area contributed by atoms with E-state index in [-0.39, 0.29) is 6.42 Å². The fraction of sp³-hybridized carbons (Fsp3) is 0.231. The first-order chi connectivity index (χ1) is 7.51. The summed E-state index contributed by atoms with van der Waals surface area (Å²) >= 11 is 3.27. The number of benzene rings is 1. The molecular weight excluding hydrogens is 274 g/mol. The van der Waals surface area contributed by atoms with E-state index in [0.717, 1.165) is 4.47 Å². The van der Waals surface area contributed by atoms with Crippen LogP contribution in [0.3, 0.4) is 0 Å². The molecule has 0 N–H and O–H groups in total. The van der Waals surface area contributed by atoms with E-state index in [2.05, 4.69) is 29.1 Å². The van der Waals surface area contributed by atoms with Crippen LogP contribution in [0, 0.1) is 0 Å². The predicted octanol–water partition coefficient (Wildman–Crippen LogP) is 4.93. The fourth-order valence-corrected chi connectivity index (χ4v) is 1.78. The zero-order valence-corrected chi connectivity index (χ0v) is 10.4. The van der Waals surface area contributed by atoms with Gasteiger partial charge in [0.25, 0.3) is 5.92 Å². The normalized spacial score (nSPS) is 13.2. The maximum Gasteiger partial charge on any atom is 0.273 e. The summed E-state index contributed by atoms with van der Waals surface area (Å²) in [5, 5.41) is 0. The van der Waals surface area contributed by atoms with Crippen molar-refractivity contribution in [1.29, 1.82) is 0 Å². The van der Waals surface area contributed by atoms with Crippen LogP contribution < -0.4 is 0 Å². The largest absolute Gasteiger partial charge is 0.273 e. The lowest BCUT2D eigenvalue weighted by Gasteiger charge is -2.23. The Hall–Kier alpha value is -0.960. The molecule has 0 nitrogen and oxygen atoms in total. The smallest absolute Gasteiger partial charge is 0.201 e. The Kier molecular flexibility index (Phi) is 4.42. The first-order valence-electron chi connectivity index (χ1n) is 4.89. The molecule has 3 heteroatoms. The highest BCUT2D eigenvalue weighted by Gasteiger charge is 2.36. The van der Waals surface area contributed by atoms with Gasteiger partial charge in [0.05, 0.1) is 5.92 Å². The molecule has 0 saturated heterocycles. The molecule has 0 aliphatic rings. The topological polar surface area (TPSA) is 0 Å². The molecule has 0 fully saturated rings. The predicted molar refractivity (Wildman–Crippen MR) is 66.8 cm³/mol. The second kappa shape index (κ2) is 5.39. The Balaban J connectivity index is 3.06. The number of alkyl halides is 2. The van der Waals surface area contributed by atoms with Gasteiger partial charge in [-0.05, 0) is 30.2 Å². The molecule has 16 heavy (non-hydrogen) atoms. The molecule has 1 unspecified atom stereocenters. The van der Waals surface area contributed by atoms with Gasteiger partial charge < -0.3 is 0 Å². The molecule has 0 aromatic heterocycles. The molecule has 0 aliphatic carbocycles. The first-order valence-corrected chi connectivity index (χ1v) is 5.68. The summed E-state index contributed by atoms with van der Waals surface area (Å²) in [5.74, 6) is -3.81. The van der Waals surface area contributed by atoms with E-state index in [0.29, 0.717) is 11.6 Å². The summed E-state index contributed by atoms with van der Waals surface area (Å²) in [4.78, 5) is 0. The number of hydrogen-bond donors (Lipinski definition) is 0. The van der Waals surface area contributed by atoms with Crippen LogP contribution in [0.2, 0.25) is 0 Å². The number of hydrogen-bond acceptors (Lipinski definition) is 0. The van der Waals surface area contributed by atoms with Crippen molar-refractivity contribution in [2.45, 2.75) is 18.3 Å². The molecule has 0 radical (unpaired) electrons. The van der Waals surface area contributed by atoms with Gasteiger partial charge in [-0.1, -0.05) is 40.7 Å². The van der Waals surface area contributed by atoms with Crippen molar-refractivity contribution < 1.29 is 8.78 Å². The van der Waals surface area contributed by atoms with Crippen molar-refractivity contribution >= 4 is 15.9 Å². The van der Waals surface area contributed by atoms with Crippen molar-refractivity contribution in [3.05, 3.63) is 59.6 Å². The number of halogens is 3. The molecule has 0 heterocycles. The highest BCUT2D eigenvalue weighted by molar-refractivity contribution is 9.10. The molecule has 1 aromatic carbocycles. The van der Waals surface area contributed by atoms with Gasteiger partial charge in [-0.3, -0.25) is 0 Å². The summed E-state index contributed by atoms with van der Waals surface area (Å²) in [6.07, 6.45) is 2.42. The minimum absolute atomic E-state index is 0.223. The van der Waals surface area contributed by atoms with E-state index < -0.39 is 11.8 Å². The highest BCUT2D eigenvalue weighted by Crippen LogP contribution is 2.37. The summed E-state index contributed by atoms with van der Waals surface area (Å²) in [6, 6.07) is 6.89. The third kappa shape index (κ3) is 3.01. The third-order valence-corrected chi connectivity index (χ3v) is 2.94. The molecular formula is C13H13BrF2. The fourth-order valence-electron chi connectivity index (χ4n) is 1.52. The van der Waals surface area contributed by atoms with Crippen molar-refractivity contribution in [2.24, 2.45) is 0 Å². The molecule has 86 valence electrons. The van der Waals surface area contributed by atoms with Crippen molar-refractivity contribution in [3.8, 4) is 0 Å². The minimum Gasteiger partial charge on any atom is -0.201 e. The van der Waals surface area contributed by atoms with Gasteiger partial charge >= 0.3 is 0 Å². The lowest BCUT2D eigenvalue weighted by atomic mass is 9.89. The lowest BCUT2D eigenvalue weighted by Crippen LogP contribution is -2.23. The zero-order chi connectivity index (χ0) is 12.2. The molecule has 1 atom stereocenters. The van der Waals surface area contributed by atoms with Gasteiger partial charge in [-0.2, -0.15) is 0 Å². The number of rotatable bonds is 5. The van der Waals surface area contributed by atoms with E-state index >= 15 is 0 Å². The Morgan fingerprint density at radius 3 is 2.25 bits per heavy atom. The van der Waals surface area contributed by atoms with Crippen molar-refractivity contribution in [1.82, 2.24) is 0 Å². The summed E-state index contributed by atoms with van der Waals surface area (Å²) < 4.78 is 28.1. The van der Waals surface area contributed by atoms with Crippen LogP contribution in [-0.4, -0.2) is 5.92 Å². The second-order valence-corrected chi connectivity index (χ2v) is 4.42. The van der Waals surface area contributed by atoms with Crippen molar-refractivity contribution in [3.63, 3.8) is 0 Å². The van der Waals surface area contributed by atoms with Gasteiger partial charge in [0.15, 0.2) is 0 Å². The molecule has 0 amide bonds. The summed E-state index contributed by atoms with van der Waals surface area (Å²) in [6.45, 7) is 6.70. The molecule has 0 saturated carbocycles. The first kappa shape index (κ1) is 13.1. The molecule has 0 bridgehead atoms. The lowest BCUT2D eigenvalue weighted by molar-refractivity contribution is 0.0250. The van der Waals surface area contributed by atoms with Gasteiger partial charge in [-0.25, -0.2) is 8.78 Å². The van der Waals surface area contributed by atoms with E-state index in [9.17, 15) is 8.78 Å². The molecule has 0 spiro atoms. The van der Waals surface area contributed by atoms with Crippen LogP contribution in [0.4, 0.5) is 8.78 Å². The summed E-state index contributed by atoms with van der Waals surface area (Å²) in [7, 11) is 0. The quantitative estimate of drug-likeness (QED) is 0.673. The zero-order valence-electron chi connectivity index (χ0n) is 8.80. The average Bonchev–Trinajstić information content (AvgIpc) is 2.27. The monoisotopic (exact) mass is 286 g/mol. The van der Waals surface area contributed by atoms with Crippen LogP contribution >= 0.6 is 15.9 Å². The Bertz CT molecular complexity index is 368. The van der Waals surface area contributed by atoms with E-state index in [1.54, 1.807) is 24.3 Å².